The Morgan fingerprint density at radius 3 is 2.58 bits per heavy atom. The number of methoxy groups -OCH3 is 1. The van der Waals surface area contributed by atoms with Gasteiger partial charge in [0.15, 0.2) is 0 Å². The van der Waals surface area contributed by atoms with Gasteiger partial charge in [-0.3, -0.25) is 4.79 Å². The number of carbonyl (C=O) groups excluding carboxylic acids is 1. The minimum Gasteiger partial charge on any atom is -0.495 e. The van der Waals surface area contributed by atoms with Gasteiger partial charge < -0.3 is 15.0 Å². The Morgan fingerprint density at radius 1 is 1.25 bits per heavy atom. The molecule has 1 unspecified atom stereocenters. The molecule has 0 bridgehead atoms. The van der Waals surface area contributed by atoms with Gasteiger partial charge in [-0.05, 0) is 31.4 Å². The summed E-state index contributed by atoms with van der Waals surface area (Å²) in [6.45, 7) is 1.62. The number of halogens is 2. The number of hydrogen-bond donors (Lipinski definition) is 1. The number of benzene rings is 1. The number of hydrogen-bond acceptors (Lipinski definition) is 3. The molecule has 0 radical (unpaired) electrons. The molecule has 2 fully saturated rings. The van der Waals surface area contributed by atoms with Crippen molar-refractivity contribution in [3.63, 3.8) is 0 Å². The molecule has 2 aliphatic rings. The first-order valence-electron chi connectivity index (χ1n) is 8.55. The van der Waals surface area contributed by atoms with Gasteiger partial charge in [0, 0.05) is 37.9 Å². The van der Waals surface area contributed by atoms with E-state index in [1.54, 1.807) is 7.11 Å². The number of rotatable bonds is 4. The van der Waals surface area contributed by atoms with Gasteiger partial charge in [-0.2, -0.15) is 0 Å². The second-order valence-electron chi connectivity index (χ2n) is 6.74. The summed E-state index contributed by atoms with van der Waals surface area (Å²) in [6, 6.07) is 7.94. The Balaban J connectivity index is 1.51. The van der Waals surface area contributed by atoms with Crippen molar-refractivity contribution in [1.29, 1.82) is 0 Å². The summed E-state index contributed by atoms with van der Waals surface area (Å²) in [4.78, 5) is 14.4. The maximum Gasteiger partial charge on any atom is 0.248 e. The van der Waals surface area contributed by atoms with Gasteiger partial charge in [-0.15, -0.1) is 0 Å². The molecule has 6 heteroatoms. The number of nitrogens with zero attached hydrogens (tertiary/aromatic N) is 1. The van der Waals surface area contributed by atoms with Crippen LogP contribution in [0.15, 0.2) is 24.3 Å². The van der Waals surface area contributed by atoms with E-state index in [1.807, 2.05) is 24.3 Å². The van der Waals surface area contributed by atoms with E-state index in [9.17, 15) is 13.6 Å². The minimum atomic E-state index is -2.67. The lowest BCUT2D eigenvalue weighted by Gasteiger charge is -2.35. The van der Waals surface area contributed by atoms with Crippen LogP contribution in [0.25, 0.3) is 0 Å². The molecular formula is C18H24F2N2O2. The molecule has 1 saturated heterocycles. The molecule has 1 aromatic carbocycles. The quantitative estimate of drug-likeness (QED) is 0.916. The average Bonchev–Trinajstić information content (AvgIpc) is 2.96. The van der Waals surface area contributed by atoms with Crippen molar-refractivity contribution in [2.75, 3.05) is 25.1 Å². The third kappa shape index (κ3) is 3.79. The first-order chi connectivity index (χ1) is 11.5. The molecule has 1 aliphatic heterocycles. The third-order valence-electron chi connectivity index (χ3n) is 5.04. The highest BCUT2D eigenvalue weighted by molar-refractivity contribution is 5.79. The van der Waals surface area contributed by atoms with Crippen molar-refractivity contribution in [1.82, 2.24) is 5.32 Å². The number of alkyl halides is 2. The smallest absolute Gasteiger partial charge is 0.248 e. The van der Waals surface area contributed by atoms with E-state index < -0.39 is 11.8 Å². The van der Waals surface area contributed by atoms with Gasteiger partial charge >= 0.3 is 0 Å². The van der Waals surface area contributed by atoms with Gasteiger partial charge in [0.05, 0.1) is 12.8 Å². The summed E-state index contributed by atoms with van der Waals surface area (Å²) in [6.07, 6.45) is 1.44. The van der Waals surface area contributed by atoms with Crippen LogP contribution in [0.5, 0.6) is 5.75 Å². The molecule has 1 heterocycles. The van der Waals surface area contributed by atoms with E-state index in [0.717, 1.165) is 37.4 Å². The first kappa shape index (κ1) is 17.0. The molecular weight excluding hydrogens is 314 g/mol. The number of ether oxygens (including phenoxy) is 1. The molecule has 1 N–H and O–H groups in total. The van der Waals surface area contributed by atoms with Crippen LogP contribution in [-0.2, 0) is 4.79 Å². The molecule has 24 heavy (non-hydrogen) atoms. The van der Waals surface area contributed by atoms with Crippen molar-refractivity contribution in [3.05, 3.63) is 24.3 Å². The predicted molar refractivity (Wildman–Crippen MR) is 88.7 cm³/mol. The molecule has 1 aromatic rings. The van der Waals surface area contributed by atoms with Crippen LogP contribution < -0.4 is 15.0 Å². The Hall–Kier alpha value is -1.85. The lowest BCUT2D eigenvalue weighted by atomic mass is 10.0. The highest BCUT2D eigenvalue weighted by Gasteiger charge is 2.42. The standard InChI is InChI=1S/C18H24F2N2O2/c1-24-16-5-3-2-4-15(16)22-10-7-14(8-11-22)21-17(23)13-6-9-18(19,20)12-13/h2-5,13-14H,6-12H2,1H3,(H,21,23). The van der Waals surface area contributed by atoms with Gasteiger partial charge in [-0.1, -0.05) is 12.1 Å². The fraction of sp³-hybridized carbons (Fsp3) is 0.611. The average molecular weight is 338 g/mol. The fourth-order valence-corrected chi connectivity index (χ4v) is 3.65. The summed E-state index contributed by atoms with van der Waals surface area (Å²) in [5, 5.41) is 2.97. The lowest BCUT2D eigenvalue weighted by Crippen LogP contribution is -2.46. The largest absolute Gasteiger partial charge is 0.495 e. The number of amides is 1. The third-order valence-corrected chi connectivity index (χ3v) is 5.04. The van der Waals surface area contributed by atoms with Crippen molar-refractivity contribution < 1.29 is 18.3 Å². The molecule has 1 atom stereocenters. The first-order valence-corrected chi connectivity index (χ1v) is 8.55. The summed E-state index contributed by atoms with van der Waals surface area (Å²) < 4.78 is 31.9. The highest BCUT2D eigenvalue weighted by atomic mass is 19.3. The second-order valence-corrected chi connectivity index (χ2v) is 6.74. The Kier molecular flexibility index (Phi) is 4.92. The topological polar surface area (TPSA) is 41.6 Å². The van der Waals surface area contributed by atoms with E-state index in [0.29, 0.717) is 6.42 Å². The molecule has 1 amide bonds. The fourth-order valence-electron chi connectivity index (χ4n) is 3.65. The van der Waals surface area contributed by atoms with E-state index >= 15 is 0 Å². The Morgan fingerprint density at radius 2 is 1.96 bits per heavy atom. The van der Waals surface area contributed by atoms with E-state index in [4.69, 9.17) is 4.74 Å². The van der Waals surface area contributed by atoms with Crippen molar-refractivity contribution >= 4 is 11.6 Å². The lowest BCUT2D eigenvalue weighted by molar-refractivity contribution is -0.126. The van der Waals surface area contributed by atoms with Crippen molar-refractivity contribution in [2.45, 2.75) is 44.1 Å². The number of para-hydroxylation sites is 2. The molecule has 4 nitrogen and oxygen atoms in total. The molecule has 1 saturated carbocycles. The molecule has 1 aliphatic carbocycles. The van der Waals surface area contributed by atoms with Crippen molar-refractivity contribution in [3.8, 4) is 5.75 Å². The maximum absolute atomic E-state index is 13.2. The van der Waals surface area contributed by atoms with Crippen LogP contribution in [0.3, 0.4) is 0 Å². The van der Waals surface area contributed by atoms with Crippen LogP contribution in [0.2, 0.25) is 0 Å². The number of anilines is 1. The van der Waals surface area contributed by atoms with Gasteiger partial charge in [0.25, 0.3) is 0 Å². The molecule has 0 aromatic heterocycles. The zero-order chi connectivity index (χ0) is 17.2. The van der Waals surface area contributed by atoms with E-state index in [-0.39, 0.29) is 24.8 Å². The summed E-state index contributed by atoms with van der Waals surface area (Å²) in [5.74, 6) is -2.57. The predicted octanol–water partition coefficient (Wildman–Crippen LogP) is 3.22. The summed E-state index contributed by atoms with van der Waals surface area (Å²) >= 11 is 0. The molecule has 0 spiro atoms. The number of carbonyl (C=O) groups is 1. The van der Waals surface area contributed by atoms with Gasteiger partial charge in [0.1, 0.15) is 5.75 Å². The van der Waals surface area contributed by atoms with Crippen LogP contribution in [0.4, 0.5) is 14.5 Å². The number of nitrogens with one attached hydrogen (secondary N) is 1. The van der Waals surface area contributed by atoms with Crippen LogP contribution in [0, 0.1) is 5.92 Å². The summed E-state index contributed by atoms with van der Waals surface area (Å²) in [5.41, 5.74) is 1.06. The van der Waals surface area contributed by atoms with Gasteiger partial charge in [-0.25, -0.2) is 8.78 Å². The van der Waals surface area contributed by atoms with Crippen LogP contribution in [0.1, 0.15) is 32.1 Å². The zero-order valence-electron chi connectivity index (χ0n) is 13.9. The van der Waals surface area contributed by atoms with Crippen LogP contribution >= 0.6 is 0 Å². The molecule has 3 rings (SSSR count). The number of piperidine rings is 1. The molecule has 132 valence electrons. The van der Waals surface area contributed by atoms with E-state index in [2.05, 4.69) is 10.2 Å². The monoisotopic (exact) mass is 338 g/mol. The highest BCUT2D eigenvalue weighted by Crippen LogP contribution is 2.39. The van der Waals surface area contributed by atoms with Crippen LogP contribution in [-0.4, -0.2) is 38.1 Å². The normalized spacial score (nSPS) is 24.0. The summed E-state index contributed by atoms with van der Waals surface area (Å²) in [7, 11) is 1.66. The zero-order valence-corrected chi connectivity index (χ0v) is 13.9. The second kappa shape index (κ2) is 6.95. The minimum absolute atomic E-state index is 0.0673. The van der Waals surface area contributed by atoms with E-state index in [1.165, 1.54) is 0 Å². The SMILES string of the molecule is COc1ccccc1N1CCC(NC(=O)C2CCC(F)(F)C2)CC1. The Labute approximate surface area is 141 Å². The van der Waals surface area contributed by atoms with Gasteiger partial charge in [0.2, 0.25) is 11.8 Å². The Bertz CT molecular complexity index is 586. The van der Waals surface area contributed by atoms with Crippen molar-refractivity contribution in [2.24, 2.45) is 5.92 Å². The maximum atomic E-state index is 13.2.